The van der Waals surface area contributed by atoms with Crippen molar-refractivity contribution in [1.29, 1.82) is 0 Å². The molecular weight excluding hydrogens is 416 g/mol. The Labute approximate surface area is 141 Å². The molecule has 0 amide bonds. The van der Waals surface area contributed by atoms with Crippen molar-refractivity contribution in [1.82, 2.24) is 0 Å². The van der Waals surface area contributed by atoms with Crippen molar-refractivity contribution in [2.24, 2.45) is 4.99 Å². The summed E-state index contributed by atoms with van der Waals surface area (Å²) in [5.74, 6) is 0. The third-order valence-corrected chi connectivity index (χ3v) is 3.03. The molecule has 0 aromatic heterocycles. The smallest absolute Gasteiger partial charge is 0.398 e. The van der Waals surface area contributed by atoms with Crippen LogP contribution >= 0.6 is 0 Å². The number of nitrogens with zero attached hydrogens (tertiary/aromatic N) is 1. The van der Waals surface area contributed by atoms with Crippen LogP contribution in [0.1, 0.15) is 5.56 Å². The number of halogens is 12. The van der Waals surface area contributed by atoms with E-state index in [0.29, 0.717) is 0 Å². The number of anilines is 1. The van der Waals surface area contributed by atoms with Gasteiger partial charge >= 0.3 is 24.7 Å². The van der Waals surface area contributed by atoms with Gasteiger partial charge < -0.3 is 10.8 Å². The lowest BCUT2D eigenvalue weighted by molar-refractivity contribution is -0.376. The van der Waals surface area contributed by atoms with Crippen molar-refractivity contribution in [2.75, 3.05) is 5.73 Å². The lowest BCUT2D eigenvalue weighted by Crippen LogP contribution is -2.54. The first-order valence-electron chi connectivity index (χ1n) is 6.22. The first-order valence-corrected chi connectivity index (χ1v) is 6.22. The average molecular weight is 422 g/mol. The van der Waals surface area contributed by atoms with Gasteiger partial charge in [-0.1, -0.05) is 0 Å². The largest absolute Gasteiger partial charge is 0.438 e. The number of alkyl halides is 12. The van der Waals surface area contributed by atoms with Gasteiger partial charge in [-0.2, -0.15) is 52.7 Å². The summed E-state index contributed by atoms with van der Waals surface area (Å²) in [6.07, 6.45) is -25.2. The summed E-state index contributed by atoms with van der Waals surface area (Å²) in [5.41, 5.74) is -9.41. The van der Waals surface area contributed by atoms with E-state index in [1.54, 1.807) is 0 Å². The van der Waals surface area contributed by atoms with Gasteiger partial charge in [0.15, 0.2) is 0 Å². The van der Waals surface area contributed by atoms with E-state index in [9.17, 15) is 57.8 Å². The van der Waals surface area contributed by atoms with Crippen LogP contribution in [-0.4, -0.2) is 35.5 Å². The average Bonchev–Trinajstić information content (AvgIpc) is 2.40. The fourth-order valence-electron chi connectivity index (χ4n) is 1.81. The van der Waals surface area contributed by atoms with Crippen molar-refractivity contribution in [3.05, 3.63) is 23.8 Å². The van der Waals surface area contributed by atoms with Crippen molar-refractivity contribution in [2.45, 2.75) is 30.3 Å². The topological polar surface area (TPSA) is 58.6 Å². The molecule has 0 aliphatic rings. The molecule has 0 saturated carbocycles. The molecule has 0 bridgehead atoms. The number of aliphatic hydroxyl groups is 1. The summed E-state index contributed by atoms with van der Waals surface area (Å²) in [5, 5.41) is 9.19. The van der Waals surface area contributed by atoms with Gasteiger partial charge in [0.1, 0.15) is 0 Å². The number of hydrogen-bond donors (Lipinski definition) is 2. The second-order valence-electron chi connectivity index (χ2n) is 4.93. The molecule has 0 unspecified atom stereocenters. The van der Waals surface area contributed by atoms with Gasteiger partial charge in [-0.3, -0.25) is 0 Å². The Balaban J connectivity index is 3.77. The van der Waals surface area contributed by atoms with Gasteiger partial charge in [-0.05, 0) is 18.2 Å². The van der Waals surface area contributed by atoms with Gasteiger partial charge in [0.05, 0.1) is 5.69 Å². The molecule has 3 N–H and O–H groups in total. The van der Waals surface area contributed by atoms with E-state index in [1.807, 2.05) is 4.99 Å². The second kappa shape index (κ2) is 6.45. The minimum Gasteiger partial charge on any atom is -0.398 e. The first kappa shape index (κ1) is 22.9. The van der Waals surface area contributed by atoms with Crippen LogP contribution in [0.5, 0.6) is 0 Å². The SMILES string of the molecule is Nc1ccc(N=C(C(F)(F)F)C(F)(F)F)cc1C(O)(C(F)(F)F)C(F)(F)F. The Hall–Kier alpha value is -2.19. The predicted octanol–water partition coefficient (Wildman–Crippen LogP) is 4.78. The van der Waals surface area contributed by atoms with Crippen LogP contribution in [0.2, 0.25) is 0 Å². The maximum Gasteiger partial charge on any atom is 0.438 e. The molecular formula is C12H6F12N2O. The lowest BCUT2D eigenvalue weighted by atomic mass is 9.90. The maximum atomic E-state index is 12.8. The Morgan fingerprint density at radius 3 is 1.52 bits per heavy atom. The van der Waals surface area contributed by atoms with Crippen molar-refractivity contribution in [3.63, 3.8) is 0 Å². The zero-order valence-electron chi connectivity index (χ0n) is 12.2. The van der Waals surface area contributed by atoms with Gasteiger partial charge in [0, 0.05) is 11.3 Å². The summed E-state index contributed by atoms with van der Waals surface area (Å²) in [4.78, 5) is 2.05. The summed E-state index contributed by atoms with van der Waals surface area (Å²) in [6.45, 7) is 0. The van der Waals surface area contributed by atoms with Gasteiger partial charge in [-0.15, -0.1) is 0 Å². The monoisotopic (exact) mass is 422 g/mol. The van der Waals surface area contributed by atoms with Crippen molar-refractivity contribution in [3.8, 4) is 0 Å². The Kier molecular flexibility index (Phi) is 5.46. The van der Waals surface area contributed by atoms with Crippen LogP contribution < -0.4 is 5.73 Å². The molecule has 1 aromatic carbocycles. The Morgan fingerprint density at radius 1 is 0.778 bits per heavy atom. The Bertz CT molecular complexity index is 696. The molecule has 15 heteroatoms. The first-order chi connectivity index (χ1) is 11.7. The molecule has 1 rings (SSSR count). The van der Waals surface area contributed by atoms with Crippen LogP contribution in [0.4, 0.5) is 64.1 Å². The van der Waals surface area contributed by atoms with E-state index in [0.717, 1.165) is 0 Å². The van der Waals surface area contributed by atoms with E-state index in [-0.39, 0.29) is 12.1 Å². The van der Waals surface area contributed by atoms with E-state index in [2.05, 4.69) is 0 Å². The van der Waals surface area contributed by atoms with E-state index in [1.165, 1.54) is 0 Å². The minimum absolute atomic E-state index is 0.140. The van der Waals surface area contributed by atoms with E-state index >= 15 is 0 Å². The van der Waals surface area contributed by atoms with E-state index < -0.39 is 59.0 Å². The van der Waals surface area contributed by atoms with Crippen LogP contribution in [-0.2, 0) is 5.60 Å². The molecule has 0 heterocycles. The molecule has 1 aromatic rings. The third kappa shape index (κ3) is 4.39. The summed E-state index contributed by atoms with van der Waals surface area (Å²) in [7, 11) is 0. The highest BCUT2D eigenvalue weighted by molar-refractivity contribution is 5.96. The van der Waals surface area contributed by atoms with Crippen LogP contribution in [0, 0.1) is 0 Å². The molecule has 0 atom stereocenters. The number of nitrogen functional groups attached to an aromatic ring is 1. The van der Waals surface area contributed by atoms with Crippen LogP contribution in [0.3, 0.4) is 0 Å². The molecule has 0 fully saturated rings. The molecule has 0 radical (unpaired) electrons. The minimum atomic E-state index is -6.46. The zero-order chi connectivity index (χ0) is 21.6. The summed E-state index contributed by atoms with van der Waals surface area (Å²) in [6, 6.07) is -0.113. The summed E-state index contributed by atoms with van der Waals surface area (Å²) < 4.78 is 151. The third-order valence-electron chi connectivity index (χ3n) is 3.03. The maximum absolute atomic E-state index is 12.8. The highest BCUT2D eigenvalue weighted by Crippen LogP contribution is 2.52. The van der Waals surface area contributed by atoms with Gasteiger partial charge in [0.2, 0.25) is 5.71 Å². The molecule has 154 valence electrons. The predicted molar refractivity (Wildman–Crippen MR) is 66.1 cm³/mol. The highest BCUT2D eigenvalue weighted by Gasteiger charge is 2.72. The molecule has 3 nitrogen and oxygen atoms in total. The van der Waals surface area contributed by atoms with Crippen molar-refractivity contribution < 1.29 is 57.8 Å². The standard InChI is InChI=1S/C12H6F12N2O/c13-9(14,15)7(10(16,17)18)26-4-1-2-6(25)5(3-4)8(27,11(19,20)21)12(22,23)24/h1-3,27H,25H2. The number of rotatable bonds is 2. The van der Waals surface area contributed by atoms with Crippen LogP contribution in [0.15, 0.2) is 23.2 Å². The fourth-order valence-corrected chi connectivity index (χ4v) is 1.81. The molecule has 0 saturated heterocycles. The van der Waals surface area contributed by atoms with Crippen LogP contribution in [0.25, 0.3) is 0 Å². The number of nitrogens with two attached hydrogens (primary N) is 1. The number of hydrogen-bond acceptors (Lipinski definition) is 3. The zero-order valence-corrected chi connectivity index (χ0v) is 12.2. The molecule has 0 aliphatic carbocycles. The Morgan fingerprint density at radius 2 is 1.19 bits per heavy atom. The second-order valence-corrected chi connectivity index (χ2v) is 4.93. The highest BCUT2D eigenvalue weighted by atomic mass is 19.4. The normalized spacial score (nSPS) is 14.3. The van der Waals surface area contributed by atoms with E-state index in [4.69, 9.17) is 5.73 Å². The van der Waals surface area contributed by atoms with Gasteiger partial charge in [0.25, 0.3) is 5.60 Å². The molecule has 27 heavy (non-hydrogen) atoms. The number of aliphatic imine (C=N–C) groups is 1. The molecule has 0 spiro atoms. The van der Waals surface area contributed by atoms with Crippen molar-refractivity contribution >= 4 is 17.1 Å². The lowest BCUT2D eigenvalue weighted by Gasteiger charge is -2.33. The summed E-state index contributed by atoms with van der Waals surface area (Å²) >= 11 is 0. The van der Waals surface area contributed by atoms with Gasteiger partial charge in [-0.25, -0.2) is 4.99 Å². The quantitative estimate of drug-likeness (QED) is 0.410. The fraction of sp³-hybridized carbons (Fsp3) is 0.417. The number of benzene rings is 1. The molecule has 0 aliphatic heterocycles.